The van der Waals surface area contributed by atoms with Gasteiger partial charge in [-0.25, -0.2) is 14.4 Å². The van der Waals surface area contributed by atoms with Crippen molar-refractivity contribution < 1.29 is 17.6 Å². The molecule has 1 aromatic heterocycles. The summed E-state index contributed by atoms with van der Waals surface area (Å²) in [6, 6.07) is 5.42. The average Bonchev–Trinajstić information content (AvgIpc) is 2.73. The second-order valence-electron chi connectivity index (χ2n) is 7.45. The molecule has 162 valence electrons. The number of carbonyl (C=O) groups excluding carboxylic acids is 1. The molecule has 0 saturated carbocycles. The van der Waals surface area contributed by atoms with Crippen molar-refractivity contribution in [3.8, 4) is 0 Å². The van der Waals surface area contributed by atoms with Gasteiger partial charge in [0.15, 0.2) is 0 Å². The number of carbonyl (C=O) groups is 1. The third kappa shape index (κ3) is 4.82. The molecule has 0 radical (unpaired) electrons. The Morgan fingerprint density at radius 3 is 2.60 bits per heavy atom. The molecular weight excluding hydrogens is 409 g/mol. The lowest BCUT2D eigenvalue weighted by molar-refractivity contribution is 0.0949. The Morgan fingerprint density at radius 1 is 1.27 bits per heavy atom. The molecule has 8 nitrogen and oxygen atoms in total. The zero-order valence-electron chi connectivity index (χ0n) is 17.3. The van der Waals surface area contributed by atoms with Gasteiger partial charge < -0.3 is 5.32 Å². The van der Waals surface area contributed by atoms with E-state index in [1.165, 1.54) is 41.0 Å². The standard InChI is InChI=1S/C20H26FN5O3S/c1-14-17(20(27)23-12-15-7-9-16(21)10-8-15)13-22-19(24-14)18-6-4-5-11-26(18)30(28,29)25(2)3/h7-10,13,18H,4-6,11-12H2,1-3H3,(H,23,27)/t18-/m0/s1. The number of nitrogens with zero attached hydrogens (tertiary/aromatic N) is 4. The molecule has 2 heterocycles. The second kappa shape index (κ2) is 9.15. The summed E-state index contributed by atoms with van der Waals surface area (Å²) in [4.78, 5) is 21.3. The summed E-state index contributed by atoms with van der Waals surface area (Å²) in [5, 5.41) is 2.77. The van der Waals surface area contributed by atoms with Gasteiger partial charge in [-0.05, 0) is 37.5 Å². The molecule has 10 heteroatoms. The first-order chi connectivity index (χ1) is 14.2. The van der Waals surface area contributed by atoms with Crippen LogP contribution in [0.3, 0.4) is 0 Å². The minimum Gasteiger partial charge on any atom is -0.348 e. The van der Waals surface area contributed by atoms with Crippen LogP contribution in [0.2, 0.25) is 0 Å². The molecule has 0 unspecified atom stereocenters. The maximum Gasteiger partial charge on any atom is 0.282 e. The summed E-state index contributed by atoms with van der Waals surface area (Å²) >= 11 is 0. The Morgan fingerprint density at radius 2 is 1.97 bits per heavy atom. The molecule has 0 spiro atoms. The Bertz CT molecular complexity index is 1010. The van der Waals surface area contributed by atoms with Crippen LogP contribution in [0.4, 0.5) is 4.39 Å². The first kappa shape index (κ1) is 22.3. The van der Waals surface area contributed by atoms with Gasteiger partial charge in [-0.3, -0.25) is 4.79 Å². The normalized spacial score (nSPS) is 17.8. The molecule has 1 aliphatic heterocycles. The highest BCUT2D eigenvalue weighted by atomic mass is 32.2. The highest BCUT2D eigenvalue weighted by Crippen LogP contribution is 2.32. The molecule has 0 aliphatic carbocycles. The first-order valence-electron chi connectivity index (χ1n) is 9.75. The van der Waals surface area contributed by atoms with Gasteiger partial charge in [0.05, 0.1) is 17.3 Å². The molecule has 2 aromatic rings. The van der Waals surface area contributed by atoms with Gasteiger partial charge in [-0.15, -0.1) is 0 Å². The van der Waals surface area contributed by atoms with E-state index in [4.69, 9.17) is 0 Å². The maximum atomic E-state index is 13.0. The summed E-state index contributed by atoms with van der Waals surface area (Å²) in [5.41, 5.74) is 1.56. The van der Waals surface area contributed by atoms with E-state index in [1.807, 2.05) is 0 Å². The number of rotatable bonds is 6. The highest BCUT2D eigenvalue weighted by Gasteiger charge is 2.36. The topological polar surface area (TPSA) is 95.5 Å². The molecule has 1 saturated heterocycles. The smallest absolute Gasteiger partial charge is 0.282 e. The summed E-state index contributed by atoms with van der Waals surface area (Å²) in [5.74, 6) is -0.282. The fourth-order valence-corrected chi connectivity index (χ4v) is 4.70. The van der Waals surface area contributed by atoms with Crippen LogP contribution in [0.1, 0.15) is 52.7 Å². The van der Waals surface area contributed by atoms with Gasteiger partial charge in [0.1, 0.15) is 11.6 Å². The molecule has 1 atom stereocenters. The predicted molar refractivity (Wildman–Crippen MR) is 110 cm³/mol. The summed E-state index contributed by atoms with van der Waals surface area (Å²) in [7, 11) is -0.595. The van der Waals surface area contributed by atoms with E-state index in [9.17, 15) is 17.6 Å². The second-order valence-corrected chi connectivity index (χ2v) is 9.54. The van der Waals surface area contributed by atoms with Crippen LogP contribution in [0.15, 0.2) is 30.5 Å². The van der Waals surface area contributed by atoms with E-state index in [1.54, 1.807) is 19.1 Å². The van der Waals surface area contributed by atoms with Crippen molar-refractivity contribution in [3.05, 3.63) is 58.9 Å². The van der Waals surface area contributed by atoms with Crippen LogP contribution in [0, 0.1) is 12.7 Å². The van der Waals surface area contributed by atoms with Crippen molar-refractivity contribution in [1.82, 2.24) is 23.9 Å². The average molecular weight is 436 g/mol. The van der Waals surface area contributed by atoms with Gasteiger partial charge in [-0.2, -0.15) is 17.0 Å². The van der Waals surface area contributed by atoms with Gasteiger partial charge in [-0.1, -0.05) is 18.6 Å². The molecule has 1 fully saturated rings. The molecule has 1 aliphatic rings. The largest absolute Gasteiger partial charge is 0.348 e. The lowest BCUT2D eigenvalue weighted by atomic mass is 10.0. The van der Waals surface area contributed by atoms with Crippen LogP contribution < -0.4 is 5.32 Å². The quantitative estimate of drug-likeness (QED) is 0.750. The van der Waals surface area contributed by atoms with Gasteiger partial charge in [0, 0.05) is 33.4 Å². The summed E-state index contributed by atoms with van der Waals surface area (Å²) in [6.45, 7) is 2.36. The van der Waals surface area contributed by atoms with Crippen molar-refractivity contribution in [2.45, 2.75) is 38.8 Å². The van der Waals surface area contributed by atoms with Gasteiger partial charge >= 0.3 is 0 Å². The van der Waals surface area contributed by atoms with Crippen molar-refractivity contribution in [1.29, 1.82) is 0 Å². The van der Waals surface area contributed by atoms with Gasteiger partial charge in [0.25, 0.3) is 16.1 Å². The highest BCUT2D eigenvalue weighted by molar-refractivity contribution is 7.86. The molecule has 3 rings (SSSR count). The number of piperidine rings is 1. The van der Waals surface area contributed by atoms with Crippen LogP contribution in [0.25, 0.3) is 0 Å². The number of hydrogen-bond acceptors (Lipinski definition) is 5. The van der Waals surface area contributed by atoms with Crippen molar-refractivity contribution in [3.63, 3.8) is 0 Å². The van der Waals surface area contributed by atoms with Crippen molar-refractivity contribution >= 4 is 16.1 Å². The van der Waals surface area contributed by atoms with E-state index >= 15 is 0 Å². The van der Waals surface area contributed by atoms with E-state index < -0.39 is 16.3 Å². The molecule has 30 heavy (non-hydrogen) atoms. The molecule has 0 bridgehead atoms. The van der Waals surface area contributed by atoms with Crippen LogP contribution in [0.5, 0.6) is 0 Å². The fraction of sp³-hybridized carbons (Fsp3) is 0.450. The number of hydrogen-bond donors (Lipinski definition) is 1. The van der Waals surface area contributed by atoms with Crippen LogP contribution in [-0.4, -0.2) is 53.5 Å². The van der Waals surface area contributed by atoms with E-state index in [0.29, 0.717) is 30.0 Å². The lowest BCUT2D eigenvalue weighted by Crippen LogP contribution is -2.45. The SMILES string of the molecule is Cc1nc([C@@H]2CCCCN2S(=O)(=O)N(C)C)ncc1C(=O)NCc1ccc(F)cc1. The maximum absolute atomic E-state index is 13.0. The monoisotopic (exact) mass is 435 g/mol. The van der Waals surface area contributed by atoms with Crippen LogP contribution >= 0.6 is 0 Å². The Labute approximate surface area is 176 Å². The number of benzene rings is 1. The van der Waals surface area contributed by atoms with E-state index in [0.717, 1.165) is 18.4 Å². The number of amides is 1. The van der Waals surface area contributed by atoms with E-state index in [2.05, 4.69) is 15.3 Å². The minimum atomic E-state index is -3.60. The van der Waals surface area contributed by atoms with Crippen LogP contribution in [-0.2, 0) is 16.8 Å². The lowest BCUT2D eigenvalue weighted by Gasteiger charge is -2.35. The Balaban J connectivity index is 1.76. The fourth-order valence-electron chi connectivity index (χ4n) is 3.40. The zero-order valence-corrected chi connectivity index (χ0v) is 18.1. The van der Waals surface area contributed by atoms with Crippen molar-refractivity contribution in [2.75, 3.05) is 20.6 Å². The third-order valence-electron chi connectivity index (χ3n) is 5.12. The minimum absolute atomic E-state index is 0.248. The first-order valence-corrected chi connectivity index (χ1v) is 11.2. The zero-order chi connectivity index (χ0) is 21.9. The predicted octanol–water partition coefficient (Wildman–Crippen LogP) is 2.19. The summed E-state index contributed by atoms with van der Waals surface area (Å²) in [6.07, 6.45) is 3.73. The molecule has 1 amide bonds. The Kier molecular flexibility index (Phi) is 6.79. The van der Waals surface area contributed by atoms with E-state index in [-0.39, 0.29) is 18.3 Å². The third-order valence-corrected chi connectivity index (χ3v) is 7.07. The molecule has 1 N–H and O–H groups in total. The number of aromatic nitrogens is 2. The summed E-state index contributed by atoms with van der Waals surface area (Å²) < 4.78 is 41.0. The Hall–Kier alpha value is -2.43. The molecular formula is C20H26FN5O3S. The number of aryl methyl sites for hydroxylation is 1. The molecule has 1 aromatic carbocycles. The number of nitrogens with one attached hydrogen (secondary N) is 1. The number of halogens is 1. The van der Waals surface area contributed by atoms with Gasteiger partial charge in [0.2, 0.25) is 0 Å². The van der Waals surface area contributed by atoms with Crippen molar-refractivity contribution in [2.24, 2.45) is 0 Å².